The number of hydrogen-bond donors (Lipinski definition) is 1. The van der Waals surface area contributed by atoms with Crippen LogP contribution in [0.5, 0.6) is 0 Å². The van der Waals surface area contributed by atoms with E-state index >= 15 is 0 Å². The summed E-state index contributed by atoms with van der Waals surface area (Å²) in [7, 11) is 0. The predicted octanol–water partition coefficient (Wildman–Crippen LogP) is 4.40. The van der Waals surface area contributed by atoms with Crippen molar-refractivity contribution < 1.29 is 4.39 Å². The summed E-state index contributed by atoms with van der Waals surface area (Å²) in [5.74, 6) is -0.451. The summed E-state index contributed by atoms with van der Waals surface area (Å²) in [6.07, 6.45) is 0. The van der Waals surface area contributed by atoms with Crippen molar-refractivity contribution in [1.29, 1.82) is 5.26 Å². The summed E-state index contributed by atoms with van der Waals surface area (Å²) < 4.78 is 13.6. The summed E-state index contributed by atoms with van der Waals surface area (Å²) in [4.78, 5) is 0. The van der Waals surface area contributed by atoms with Gasteiger partial charge in [-0.25, -0.2) is 4.39 Å². The van der Waals surface area contributed by atoms with E-state index in [4.69, 9.17) is 16.9 Å². The molecule has 0 unspecified atom stereocenters. The maximum atomic E-state index is 13.6. The van der Waals surface area contributed by atoms with Crippen LogP contribution in [0.4, 0.5) is 15.8 Å². The maximum Gasteiger partial charge on any atom is 0.148 e. The Balaban J connectivity index is 2.40. The van der Waals surface area contributed by atoms with Crippen LogP contribution >= 0.6 is 11.6 Å². The van der Waals surface area contributed by atoms with Crippen LogP contribution in [-0.2, 0) is 0 Å². The summed E-state index contributed by atoms with van der Waals surface area (Å²) in [6.45, 7) is 1.91. The number of nitrogens with one attached hydrogen (secondary N) is 1. The molecule has 0 aliphatic heterocycles. The second-order valence-electron chi connectivity index (χ2n) is 3.91. The van der Waals surface area contributed by atoms with Crippen LogP contribution in [0.2, 0.25) is 5.02 Å². The molecule has 90 valence electrons. The Morgan fingerprint density at radius 3 is 2.61 bits per heavy atom. The zero-order chi connectivity index (χ0) is 13.1. The fraction of sp³-hybridized carbons (Fsp3) is 0.0714. The van der Waals surface area contributed by atoms with Crippen LogP contribution in [0.15, 0.2) is 36.4 Å². The van der Waals surface area contributed by atoms with Crippen molar-refractivity contribution in [2.75, 3.05) is 5.32 Å². The molecule has 18 heavy (non-hydrogen) atoms. The second-order valence-corrected chi connectivity index (χ2v) is 4.35. The summed E-state index contributed by atoms with van der Waals surface area (Å²) in [6, 6.07) is 11.8. The zero-order valence-corrected chi connectivity index (χ0v) is 10.4. The summed E-state index contributed by atoms with van der Waals surface area (Å²) in [5, 5.41) is 12.2. The Bertz CT molecular complexity index is 632. The average Bonchev–Trinajstić information content (AvgIpc) is 2.33. The lowest BCUT2D eigenvalue weighted by molar-refractivity contribution is 0.632. The molecule has 2 rings (SSSR count). The number of halogens is 2. The quantitative estimate of drug-likeness (QED) is 0.869. The molecule has 0 heterocycles. The number of nitrogens with zero attached hydrogens (tertiary/aromatic N) is 1. The number of benzene rings is 2. The smallest absolute Gasteiger partial charge is 0.148 e. The number of anilines is 2. The van der Waals surface area contributed by atoms with E-state index in [-0.39, 0.29) is 0 Å². The molecule has 0 bridgehead atoms. The first-order valence-corrected chi connectivity index (χ1v) is 5.71. The molecule has 0 saturated carbocycles. The van der Waals surface area contributed by atoms with Gasteiger partial charge in [-0.1, -0.05) is 17.7 Å². The highest BCUT2D eigenvalue weighted by Gasteiger charge is 2.07. The number of rotatable bonds is 2. The molecule has 0 spiro atoms. The first-order chi connectivity index (χ1) is 8.60. The Morgan fingerprint density at radius 1 is 1.17 bits per heavy atom. The second kappa shape index (κ2) is 5.07. The summed E-state index contributed by atoms with van der Waals surface area (Å²) >= 11 is 5.68. The topological polar surface area (TPSA) is 35.8 Å². The first kappa shape index (κ1) is 12.4. The van der Waals surface area contributed by atoms with Gasteiger partial charge in [-0.15, -0.1) is 0 Å². The van der Waals surface area contributed by atoms with Crippen molar-refractivity contribution in [2.24, 2.45) is 0 Å². The molecule has 0 aliphatic carbocycles. The van der Waals surface area contributed by atoms with Crippen LogP contribution in [0.3, 0.4) is 0 Å². The fourth-order valence-electron chi connectivity index (χ4n) is 1.59. The van der Waals surface area contributed by atoms with Gasteiger partial charge in [-0.05, 0) is 42.8 Å². The largest absolute Gasteiger partial charge is 0.352 e. The molecule has 2 aromatic carbocycles. The molecular weight excluding hydrogens is 251 g/mol. The van der Waals surface area contributed by atoms with Crippen LogP contribution in [-0.4, -0.2) is 0 Å². The normalized spacial score (nSPS) is 9.89. The highest BCUT2D eigenvalue weighted by atomic mass is 35.5. The van der Waals surface area contributed by atoms with Gasteiger partial charge in [0.15, 0.2) is 0 Å². The predicted molar refractivity (Wildman–Crippen MR) is 70.6 cm³/mol. The molecule has 0 atom stereocenters. The lowest BCUT2D eigenvalue weighted by atomic mass is 10.1. The highest BCUT2D eigenvalue weighted by Crippen LogP contribution is 2.25. The Morgan fingerprint density at radius 2 is 1.94 bits per heavy atom. The molecule has 0 radical (unpaired) electrons. The minimum atomic E-state index is -0.451. The monoisotopic (exact) mass is 260 g/mol. The van der Waals surface area contributed by atoms with Crippen molar-refractivity contribution >= 4 is 23.0 Å². The van der Waals surface area contributed by atoms with Crippen molar-refractivity contribution in [3.8, 4) is 6.07 Å². The number of hydrogen-bond acceptors (Lipinski definition) is 2. The van der Waals surface area contributed by atoms with Crippen molar-refractivity contribution in [2.45, 2.75) is 6.92 Å². The third-order valence-electron chi connectivity index (χ3n) is 2.50. The van der Waals surface area contributed by atoms with E-state index in [1.165, 1.54) is 6.07 Å². The van der Waals surface area contributed by atoms with E-state index in [0.717, 1.165) is 5.56 Å². The fourth-order valence-corrected chi connectivity index (χ4v) is 1.75. The van der Waals surface area contributed by atoms with Crippen LogP contribution in [0.25, 0.3) is 0 Å². The van der Waals surface area contributed by atoms with Crippen molar-refractivity contribution in [3.63, 3.8) is 0 Å². The number of aryl methyl sites for hydroxylation is 1. The van der Waals surface area contributed by atoms with Gasteiger partial charge < -0.3 is 5.32 Å². The lowest BCUT2D eigenvalue weighted by Crippen LogP contribution is -1.96. The average molecular weight is 261 g/mol. The van der Waals surface area contributed by atoms with E-state index in [0.29, 0.717) is 22.0 Å². The highest BCUT2D eigenvalue weighted by molar-refractivity contribution is 6.30. The van der Waals surface area contributed by atoms with Crippen LogP contribution < -0.4 is 5.32 Å². The van der Waals surface area contributed by atoms with Crippen LogP contribution in [0, 0.1) is 24.1 Å². The minimum Gasteiger partial charge on any atom is -0.352 e. The molecule has 0 saturated heterocycles. The Hall–Kier alpha value is -2.05. The van der Waals surface area contributed by atoms with E-state index in [1.54, 1.807) is 24.3 Å². The number of nitriles is 1. The molecule has 0 aromatic heterocycles. The molecule has 1 N–H and O–H groups in total. The molecular formula is C14H10ClFN2. The molecule has 4 heteroatoms. The third-order valence-corrected chi connectivity index (χ3v) is 2.73. The molecule has 0 amide bonds. The SMILES string of the molecule is Cc1ccc(C#N)c(Nc2ccc(Cl)cc2F)c1. The van der Waals surface area contributed by atoms with Crippen molar-refractivity contribution in [1.82, 2.24) is 0 Å². The van der Waals surface area contributed by atoms with Gasteiger partial charge in [0, 0.05) is 5.02 Å². The first-order valence-electron chi connectivity index (χ1n) is 5.33. The van der Waals surface area contributed by atoms with E-state index in [9.17, 15) is 4.39 Å². The van der Waals surface area contributed by atoms with Gasteiger partial charge in [0.05, 0.1) is 16.9 Å². The Labute approximate surface area is 110 Å². The molecule has 2 aromatic rings. The van der Waals surface area contributed by atoms with Gasteiger partial charge in [-0.2, -0.15) is 5.26 Å². The molecule has 0 fully saturated rings. The molecule has 2 nitrogen and oxygen atoms in total. The molecule has 0 aliphatic rings. The van der Waals surface area contributed by atoms with E-state index < -0.39 is 5.82 Å². The van der Waals surface area contributed by atoms with Crippen LogP contribution in [0.1, 0.15) is 11.1 Å². The van der Waals surface area contributed by atoms with Gasteiger partial charge in [0.2, 0.25) is 0 Å². The lowest BCUT2D eigenvalue weighted by Gasteiger charge is -2.10. The van der Waals surface area contributed by atoms with E-state index in [1.807, 2.05) is 13.0 Å². The Kier molecular flexibility index (Phi) is 3.50. The van der Waals surface area contributed by atoms with Crippen molar-refractivity contribution in [3.05, 3.63) is 58.4 Å². The third kappa shape index (κ3) is 2.61. The zero-order valence-electron chi connectivity index (χ0n) is 9.67. The van der Waals surface area contributed by atoms with E-state index in [2.05, 4.69) is 11.4 Å². The van der Waals surface area contributed by atoms with Gasteiger partial charge in [0.25, 0.3) is 0 Å². The summed E-state index contributed by atoms with van der Waals surface area (Å²) in [5.41, 5.74) is 2.33. The minimum absolute atomic E-state index is 0.293. The van der Waals surface area contributed by atoms with Gasteiger partial charge in [-0.3, -0.25) is 0 Å². The van der Waals surface area contributed by atoms with Gasteiger partial charge >= 0.3 is 0 Å². The standard InChI is InChI=1S/C14H10ClFN2/c1-9-2-3-10(8-17)14(6-9)18-13-5-4-11(15)7-12(13)16/h2-7,18H,1H3. The van der Waals surface area contributed by atoms with Gasteiger partial charge in [0.1, 0.15) is 11.9 Å². The maximum absolute atomic E-state index is 13.6.